The Morgan fingerprint density at radius 3 is 2.65 bits per heavy atom. The number of aromatic nitrogens is 2. The number of nitrogens with two attached hydrogens (primary N) is 1. The van der Waals surface area contributed by atoms with Gasteiger partial charge in [-0.05, 0) is 27.9 Å². The molecule has 0 saturated heterocycles. The van der Waals surface area contributed by atoms with E-state index in [9.17, 15) is 4.79 Å². The summed E-state index contributed by atoms with van der Waals surface area (Å²) in [4.78, 5) is 16.0. The number of nitrogens with zero attached hydrogens (tertiary/aromatic N) is 3. The van der Waals surface area contributed by atoms with Crippen molar-refractivity contribution in [2.24, 2.45) is 0 Å². The predicted molar refractivity (Wildman–Crippen MR) is 67.7 cm³/mol. The third-order valence-corrected chi connectivity index (χ3v) is 2.59. The first-order valence-corrected chi connectivity index (χ1v) is 5.72. The van der Waals surface area contributed by atoms with Crippen LogP contribution in [0.25, 0.3) is 0 Å². The number of hydrogen-bond donors (Lipinski definition) is 2. The number of H-pyrrole nitrogens is 1. The number of carbonyl (C=O) groups excluding carboxylic acids is 1. The van der Waals surface area contributed by atoms with Gasteiger partial charge < -0.3 is 15.5 Å². The number of nitrogens with one attached hydrogen (secondary N) is 1. The average molecular weight is 239 g/mol. The van der Waals surface area contributed by atoms with Crippen LogP contribution in [0, 0.1) is 0 Å². The predicted octanol–water partition coefficient (Wildman–Crippen LogP) is 0.404. The second-order valence-electron chi connectivity index (χ2n) is 4.41. The van der Waals surface area contributed by atoms with E-state index < -0.39 is 0 Å². The van der Waals surface area contributed by atoms with Crippen LogP contribution in [0.1, 0.15) is 24.3 Å². The molecule has 1 atom stereocenters. The quantitative estimate of drug-likeness (QED) is 0.780. The van der Waals surface area contributed by atoms with E-state index in [4.69, 9.17) is 5.73 Å². The first kappa shape index (κ1) is 13.5. The minimum Gasteiger partial charge on any atom is -0.382 e. The second-order valence-corrected chi connectivity index (χ2v) is 4.41. The molecule has 1 rings (SSSR count). The van der Waals surface area contributed by atoms with Gasteiger partial charge in [-0.2, -0.15) is 5.10 Å². The molecule has 6 heteroatoms. The molecule has 96 valence electrons. The van der Waals surface area contributed by atoms with Gasteiger partial charge in [0.05, 0.1) is 0 Å². The van der Waals surface area contributed by atoms with Gasteiger partial charge in [0.1, 0.15) is 11.5 Å². The van der Waals surface area contributed by atoms with Gasteiger partial charge in [0.15, 0.2) is 0 Å². The lowest BCUT2D eigenvalue weighted by Gasteiger charge is -2.29. The Morgan fingerprint density at radius 2 is 2.24 bits per heavy atom. The molecular weight excluding hydrogens is 218 g/mol. The fraction of sp³-hybridized carbons (Fsp3) is 0.636. The summed E-state index contributed by atoms with van der Waals surface area (Å²) in [7, 11) is 3.98. The number of rotatable bonds is 5. The van der Waals surface area contributed by atoms with E-state index in [1.54, 1.807) is 11.0 Å². The molecule has 0 aromatic carbocycles. The Hall–Kier alpha value is -1.56. The molecule has 6 nitrogen and oxygen atoms in total. The highest BCUT2D eigenvalue weighted by atomic mass is 16.2. The van der Waals surface area contributed by atoms with Gasteiger partial charge in [0, 0.05) is 25.2 Å². The van der Waals surface area contributed by atoms with Crippen molar-refractivity contribution in [1.82, 2.24) is 20.0 Å². The molecule has 0 spiro atoms. The molecule has 0 aliphatic rings. The molecule has 0 saturated carbocycles. The first-order valence-electron chi connectivity index (χ1n) is 5.72. The van der Waals surface area contributed by atoms with Crippen molar-refractivity contribution >= 4 is 11.7 Å². The summed E-state index contributed by atoms with van der Waals surface area (Å²) in [5, 5.41) is 6.42. The molecule has 17 heavy (non-hydrogen) atoms. The zero-order valence-corrected chi connectivity index (χ0v) is 10.9. The molecular formula is C11H21N5O. The molecule has 1 unspecified atom stereocenters. The fourth-order valence-electron chi connectivity index (χ4n) is 1.88. The summed E-state index contributed by atoms with van der Waals surface area (Å²) in [6.45, 7) is 5.47. The Morgan fingerprint density at radius 1 is 1.59 bits per heavy atom. The van der Waals surface area contributed by atoms with E-state index in [2.05, 4.69) is 15.1 Å². The van der Waals surface area contributed by atoms with Crippen LogP contribution in [0.5, 0.6) is 0 Å². The van der Waals surface area contributed by atoms with Crippen molar-refractivity contribution in [3.63, 3.8) is 0 Å². The van der Waals surface area contributed by atoms with Crippen LogP contribution >= 0.6 is 0 Å². The van der Waals surface area contributed by atoms with E-state index in [1.165, 1.54) is 0 Å². The highest BCUT2D eigenvalue weighted by Gasteiger charge is 2.21. The summed E-state index contributed by atoms with van der Waals surface area (Å²) in [6.07, 6.45) is 0. The standard InChI is InChI=1S/C11H21N5O/c1-5-16(8(2)7-15(3)4)11(17)9-6-10(12)14-13-9/h6,8H,5,7H2,1-4H3,(H3,12,13,14). The molecule has 0 bridgehead atoms. The maximum Gasteiger partial charge on any atom is 0.272 e. The Labute approximate surface area is 102 Å². The van der Waals surface area contributed by atoms with Gasteiger partial charge in [-0.25, -0.2) is 0 Å². The number of amides is 1. The van der Waals surface area contributed by atoms with E-state index in [0.717, 1.165) is 6.54 Å². The largest absolute Gasteiger partial charge is 0.382 e. The highest BCUT2D eigenvalue weighted by molar-refractivity contribution is 5.93. The first-order chi connectivity index (χ1) is 7.95. The van der Waals surface area contributed by atoms with Gasteiger partial charge in [-0.3, -0.25) is 9.89 Å². The summed E-state index contributed by atoms with van der Waals surface area (Å²) < 4.78 is 0. The van der Waals surface area contributed by atoms with E-state index in [1.807, 2.05) is 27.9 Å². The van der Waals surface area contributed by atoms with Gasteiger partial charge in [-0.15, -0.1) is 0 Å². The monoisotopic (exact) mass is 239 g/mol. The minimum atomic E-state index is -0.0638. The van der Waals surface area contributed by atoms with Crippen molar-refractivity contribution in [3.05, 3.63) is 11.8 Å². The fourth-order valence-corrected chi connectivity index (χ4v) is 1.88. The number of likely N-dealkylation sites (N-methyl/N-ethyl adjacent to an activating group) is 2. The van der Waals surface area contributed by atoms with Crippen LogP contribution < -0.4 is 5.73 Å². The lowest BCUT2D eigenvalue weighted by atomic mass is 10.2. The maximum absolute atomic E-state index is 12.2. The smallest absolute Gasteiger partial charge is 0.272 e. The van der Waals surface area contributed by atoms with Crippen molar-refractivity contribution in [2.75, 3.05) is 32.9 Å². The molecule has 1 aromatic heterocycles. The van der Waals surface area contributed by atoms with Crippen LogP contribution in [0.15, 0.2) is 6.07 Å². The van der Waals surface area contributed by atoms with Crippen LogP contribution in [-0.2, 0) is 0 Å². The number of anilines is 1. The van der Waals surface area contributed by atoms with Crippen LogP contribution in [0.2, 0.25) is 0 Å². The molecule has 1 heterocycles. The zero-order valence-electron chi connectivity index (χ0n) is 10.9. The lowest BCUT2D eigenvalue weighted by molar-refractivity contribution is 0.0673. The Kier molecular flexibility index (Phi) is 4.51. The molecule has 0 aliphatic heterocycles. The van der Waals surface area contributed by atoms with Gasteiger partial charge in [0.25, 0.3) is 5.91 Å². The summed E-state index contributed by atoms with van der Waals surface area (Å²) >= 11 is 0. The van der Waals surface area contributed by atoms with E-state index in [0.29, 0.717) is 18.1 Å². The third-order valence-electron chi connectivity index (χ3n) is 2.59. The molecule has 3 N–H and O–H groups in total. The lowest BCUT2D eigenvalue weighted by Crippen LogP contribution is -2.43. The van der Waals surface area contributed by atoms with Crippen LogP contribution in [0.3, 0.4) is 0 Å². The van der Waals surface area contributed by atoms with E-state index in [-0.39, 0.29) is 11.9 Å². The average Bonchev–Trinajstić information content (AvgIpc) is 2.64. The normalized spacial score (nSPS) is 12.8. The molecule has 0 fully saturated rings. The zero-order chi connectivity index (χ0) is 13.0. The molecule has 0 aliphatic carbocycles. The van der Waals surface area contributed by atoms with Crippen LogP contribution in [0.4, 0.5) is 5.82 Å². The van der Waals surface area contributed by atoms with Gasteiger partial charge >= 0.3 is 0 Å². The summed E-state index contributed by atoms with van der Waals surface area (Å²) in [5.74, 6) is 0.274. The summed E-state index contributed by atoms with van der Waals surface area (Å²) in [5.41, 5.74) is 5.93. The number of hydrogen-bond acceptors (Lipinski definition) is 4. The maximum atomic E-state index is 12.2. The molecule has 1 aromatic rings. The topological polar surface area (TPSA) is 78.2 Å². The van der Waals surface area contributed by atoms with E-state index >= 15 is 0 Å². The summed E-state index contributed by atoms with van der Waals surface area (Å²) in [6, 6.07) is 1.71. The van der Waals surface area contributed by atoms with Crippen molar-refractivity contribution in [3.8, 4) is 0 Å². The number of aromatic amines is 1. The molecule has 0 radical (unpaired) electrons. The second kappa shape index (κ2) is 5.67. The third kappa shape index (κ3) is 3.45. The van der Waals surface area contributed by atoms with Gasteiger partial charge in [0.2, 0.25) is 0 Å². The Balaban J connectivity index is 2.76. The number of carbonyl (C=O) groups is 1. The SMILES string of the molecule is CCN(C(=O)c1cc(N)n[nH]1)C(C)CN(C)C. The van der Waals surface area contributed by atoms with Crippen molar-refractivity contribution in [2.45, 2.75) is 19.9 Å². The van der Waals surface area contributed by atoms with Crippen LogP contribution in [-0.4, -0.2) is 59.1 Å². The minimum absolute atomic E-state index is 0.0638. The Bertz CT molecular complexity index is 374. The van der Waals surface area contributed by atoms with Crippen molar-refractivity contribution < 1.29 is 4.79 Å². The number of nitrogen functional groups attached to an aromatic ring is 1. The highest BCUT2D eigenvalue weighted by Crippen LogP contribution is 2.09. The van der Waals surface area contributed by atoms with Gasteiger partial charge in [-0.1, -0.05) is 0 Å². The van der Waals surface area contributed by atoms with Crippen molar-refractivity contribution in [1.29, 1.82) is 0 Å². The molecule has 1 amide bonds.